The van der Waals surface area contributed by atoms with E-state index in [1.54, 1.807) is 0 Å². The molecular weight excluding hydrogens is 256 g/mol. The Morgan fingerprint density at radius 3 is 2.42 bits per heavy atom. The van der Waals surface area contributed by atoms with E-state index in [1.165, 1.54) is 6.42 Å². The summed E-state index contributed by atoms with van der Waals surface area (Å²) in [5, 5.41) is 0. The number of fused-ring (bicyclic) bond motifs is 2. The summed E-state index contributed by atoms with van der Waals surface area (Å²) in [5.74, 6) is 1.41. The van der Waals surface area contributed by atoms with E-state index < -0.39 is 8.88 Å². The highest BCUT2D eigenvalue weighted by atomic mass is 28.4. The molecule has 3 fully saturated rings. The molecule has 0 aromatic carbocycles. The second-order valence-electron chi connectivity index (χ2n) is 7.13. The van der Waals surface area contributed by atoms with Gasteiger partial charge in [0.1, 0.15) is 0 Å². The average Bonchev–Trinajstić information content (AvgIpc) is 2.95. The predicted molar refractivity (Wildman–Crippen MR) is 77.5 cm³/mol. The van der Waals surface area contributed by atoms with Gasteiger partial charge in [0.05, 0.1) is 13.2 Å². The third-order valence-corrected chi connectivity index (χ3v) is 8.76. The normalized spacial score (nSPS) is 44.1. The van der Waals surface area contributed by atoms with Gasteiger partial charge in [0.25, 0.3) is 0 Å². The largest absolute Gasteiger partial charge is 0.523 e. The lowest BCUT2D eigenvalue weighted by Crippen LogP contribution is -2.66. The van der Waals surface area contributed by atoms with Crippen molar-refractivity contribution in [1.82, 2.24) is 9.13 Å². The van der Waals surface area contributed by atoms with Gasteiger partial charge in [-0.05, 0) is 24.8 Å². The molecule has 1 spiro atoms. The summed E-state index contributed by atoms with van der Waals surface area (Å²) in [4.78, 5) is 0. The molecule has 0 N–H and O–H groups in total. The Kier molecular flexibility index (Phi) is 3.55. The van der Waals surface area contributed by atoms with Crippen LogP contribution in [0.4, 0.5) is 0 Å². The molecule has 5 heteroatoms. The fourth-order valence-corrected chi connectivity index (χ4v) is 8.51. The van der Waals surface area contributed by atoms with Gasteiger partial charge in [-0.3, -0.25) is 9.13 Å². The zero-order chi connectivity index (χ0) is 13.8. The summed E-state index contributed by atoms with van der Waals surface area (Å²) in [5.41, 5.74) is 0. The Labute approximate surface area is 118 Å². The second kappa shape index (κ2) is 4.81. The van der Waals surface area contributed by atoms with E-state index in [0.717, 1.165) is 25.7 Å². The quantitative estimate of drug-likeness (QED) is 0.724. The summed E-state index contributed by atoms with van der Waals surface area (Å²) in [6, 6.07) is 1.62. The van der Waals surface area contributed by atoms with Gasteiger partial charge in [0, 0.05) is 18.1 Å². The summed E-state index contributed by atoms with van der Waals surface area (Å²) in [6.07, 6.45) is 1.27. The highest BCUT2D eigenvalue weighted by Crippen LogP contribution is 2.42. The maximum atomic E-state index is 6.38. The maximum absolute atomic E-state index is 6.38. The lowest BCUT2D eigenvalue weighted by Gasteiger charge is -2.40. The van der Waals surface area contributed by atoms with Gasteiger partial charge in [0.15, 0.2) is 0 Å². The van der Waals surface area contributed by atoms with Crippen molar-refractivity contribution in [2.75, 3.05) is 19.8 Å². The predicted octanol–water partition coefficient (Wildman–Crippen LogP) is 1.93. The zero-order valence-corrected chi connectivity index (χ0v) is 13.9. The van der Waals surface area contributed by atoms with Gasteiger partial charge in [0.2, 0.25) is 0 Å². The van der Waals surface area contributed by atoms with Crippen molar-refractivity contribution in [3.05, 3.63) is 0 Å². The lowest BCUT2D eigenvalue weighted by atomic mass is 10.0. The molecular formula is C14H28N2O2Si. The summed E-state index contributed by atoms with van der Waals surface area (Å²) in [6.45, 7) is 14.4. The number of hydrogen-bond acceptors (Lipinski definition) is 4. The summed E-state index contributed by atoms with van der Waals surface area (Å²) in [7, 11) is -2.29. The molecule has 0 aromatic rings. The van der Waals surface area contributed by atoms with Crippen molar-refractivity contribution >= 4 is 8.88 Å². The van der Waals surface area contributed by atoms with Crippen LogP contribution < -0.4 is 0 Å². The fourth-order valence-electron chi connectivity index (χ4n) is 4.07. The van der Waals surface area contributed by atoms with Crippen molar-refractivity contribution in [1.29, 1.82) is 0 Å². The average molecular weight is 284 g/mol. The smallest absolute Gasteiger partial charge is 0.369 e. The van der Waals surface area contributed by atoms with Crippen molar-refractivity contribution < 1.29 is 8.85 Å². The van der Waals surface area contributed by atoms with Crippen LogP contribution in [0.2, 0.25) is 0 Å². The summed E-state index contributed by atoms with van der Waals surface area (Å²) >= 11 is 0. The van der Waals surface area contributed by atoms with Crippen LogP contribution in [-0.4, -0.2) is 55.9 Å². The molecule has 0 saturated carbocycles. The lowest BCUT2D eigenvalue weighted by molar-refractivity contribution is 0.159. The van der Waals surface area contributed by atoms with Crippen LogP contribution in [0.15, 0.2) is 0 Å². The van der Waals surface area contributed by atoms with Crippen molar-refractivity contribution in [2.24, 2.45) is 11.8 Å². The molecule has 2 unspecified atom stereocenters. The van der Waals surface area contributed by atoms with E-state index in [1.807, 2.05) is 0 Å². The highest BCUT2D eigenvalue weighted by Gasteiger charge is 2.66. The molecule has 0 bridgehead atoms. The van der Waals surface area contributed by atoms with Crippen LogP contribution in [0, 0.1) is 11.8 Å². The van der Waals surface area contributed by atoms with Crippen LogP contribution in [0.5, 0.6) is 0 Å². The first-order valence-corrected chi connectivity index (χ1v) is 9.50. The van der Waals surface area contributed by atoms with E-state index in [4.69, 9.17) is 8.85 Å². The third kappa shape index (κ3) is 2.02. The first-order chi connectivity index (χ1) is 8.95. The minimum Gasteiger partial charge on any atom is -0.369 e. The van der Waals surface area contributed by atoms with Gasteiger partial charge < -0.3 is 8.85 Å². The van der Waals surface area contributed by atoms with Crippen LogP contribution in [0.25, 0.3) is 0 Å². The van der Waals surface area contributed by atoms with E-state index in [-0.39, 0.29) is 0 Å². The summed E-state index contributed by atoms with van der Waals surface area (Å²) < 4.78 is 17.9. The molecule has 110 valence electrons. The van der Waals surface area contributed by atoms with Gasteiger partial charge in [-0.2, -0.15) is 0 Å². The van der Waals surface area contributed by atoms with Gasteiger partial charge in [-0.1, -0.05) is 34.6 Å². The van der Waals surface area contributed by atoms with E-state index in [0.29, 0.717) is 24.0 Å². The molecule has 0 radical (unpaired) electrons. The van der Waals surface area contributed by atoms with Crippen molar-refractivity contribution in [3.63, 3.8) is 0 Å². The Bertz CT molecular complexity index is 352. The molecule has 3 aliphatic rings. The molecule has 3 heterocycles. The Balaban J connectivity index is 1.90. The molecule has 0 amide bonds. The molecule has 19 heavy (non-hydrogen) atoms. The molecule has 3 saturated heterocycles. The fraction of sp³-hybridized carbons (Fsp3) is 1.00. The van der Waals surface area contributed by atoms with Crippen molar-refractivity contribution in [2.45, 2.75) is 59.2 Å². The Morgan fingerprint density at radius 2 is 1.79 bits per heavy atom. The van der Waals surface area contributed by atoms with Crippen molar-refractivity contribution in [3.8, 4) is 0 Å². The first-order valence-electron chi connectivity index (χ1n) is 7.78. The first kappa shape index (κ1) is 14.0. The molecule has 3 aliphatic heterocycles. The minimum atomic E-state index is -2.29. The SMILES string of the molecule is CC(C)[C@H]1CO[Si]2(OCC3C[C@@H](C)CN32)N1C(C)C. The Morgan fingerprint density at radius 1 is 1.11 bits per heavy atom. The molecule has 0 aliphatic carbocycles. The standard InChI is InChI=1S/C14H28N2O2Si/c1-10(2)14-9-18-19(16(14)11(3)4)15-7-12(5)6-13(15)8-17-19/h10-14H,6-9H2,1-5H3/t12-,13?,14-,19?/m1/s1. The number of hydrogen-bond donors (Lipinski definition) is 0. The topological polar surface area (TPSA) is 24.9 Å². The van der Waals surface area contributed by atoms with Crippen LogP contribution in [-0.2, 0) is 8.85 Å². The minimum absolute atomic E-state index is 0.497. The maximum Gasteiger partial charge on any atom is 0.523 e. The zero-order valence-electron chi connectivity index (χ0n) is 12.9. The van der Waals surface area contributed by atoms with Gasteiger partial charge >= 0.3 is 8.88 Å². The van der Waals surface area contributed by atoms with E-state index in [9.17, 15) is 0 Å². The second-order valence-corrected chi connectivity index (χ2v) is 9.90. The monoisotopic (exact) mass is 284 g/mol. The molecule has 3 rings (SSSR count). The highest BCUT2D eigenvalue weighted by molar-refractivity contribution is 6.63. The van der Waals surface area contributed by atoms with Gasteiger partial charge in [-0.15, -0.1) is 0 Å². The van der Waals surface area contributed by atoms with Crippen LogP contribution in [0.1, 0.15) is 41.0 Å². The Hall–Kier alpha value is 0.0569. The van der Waals surface area contributed by atoms with Gasteiger partial charge in [-0.25, -0.2) is 0 Å². The number of rotatable bonds is 2. The molecule has 4 nitrogen and oxygen atoms in total. The third-order valence-electron chi connectivity index (χ3n) is 4.90. The molecule has 0 aromatic heterocycles. The number of nitrogens with zero attached hydrogens (tertiary/aromatic N) is 2. The van der Waals surface area contributed by atoms with E-state index >= 15 is 0 Å². The van der Waals surface area contributed by atoms with E-state index in [2.05, 4.69) is 43.7 Å². The molecule has 4 atom stereocenters. The van der Waals surface area contributed by atoms with Crippen LogP contribution in [0.3, 0.4) is 0 Å². The van der Waals surface area contributed by atoms with Crippen LogP contribution >= 0.6 is 0 Å².